The first kappa shape index (κ1) is 19.6. The highest BCUT2D eigenvalue weighted by molar-refractivity contribution is 7.92. The minimum absolute atomic E-state index is 0.0158. The number of carbonyl (C=O) groups excluding carboxylic acids is 1. The summed E-state index contributed by atoms with van der Waals surface area (Å²) in [5.41, 5.74) is 3.57. The molecule has 0 saturated heterocycles. The number of anilines is 3. The Morgan fingerprint density at radius 1 is 0.964 bits per heavy atom. The molecule has 0 amide bonds. The van der Waals surface area contributed by atoms with Crippen LogP contribution in [-0.4, -0.2) is 19.2 Å². The third kappa shape index (κ3) is 4.55. The molecule has 0 aliphatic rings. The number of Topliss-reactive ketones (excluding diaryl/α,β-unsaturated/α-hetero) is 1. The van der Waals surface area contributed by atoms with Gasteiger partial charge in [0, 0.05) is 11.3 Å². The lowest BCUT2D eigenvalue weighted by molar-refractivity contribution is 0.101. The predicted octanol–water partition coefficient (Wildman–Crippen LogP) is 4.45. The van der Waals surface area contributed by atoms with Crippen LogP contribution in [0.1, 0.15) is 28.4 Å². The Morgan fingerprint density at radius 2 is 1.75 bits per heavy atom. The number of aryl methyl sites for hydroxylation is 2. The standard InChI is InChI=1S/C21H21N3O3S/c1-14-7-8-15(2)20(11-14)28(26,27)24-21-10-9-19(13-22-21)23-18-6-4-5-17(12-18)16(3)25/h4-13,23H,1-3H3,(H,22,24). The van der Waals surface area contributed by atoms with Crippen LogP contribution in [0.3, 0.4) is 0 Å². The number of nitrogens with one attached hydrogen (secondary N) is 2. The molecule has 0 spiro atoms. The lowest BCUT2D eigenvalue weighted by atomic mass is 10.1. The molecule has 0 aliphatic heterocycles. The van der Waals surface area contributed by atoms with Gasteiger partial charge in [0.2, 0.25) is 0 Å². The molecule has 0 saturated carbocycles. The van der Waals surface area contributed by atoms with E-state index >= 15 is 0 Å². The van der Waals surface area contributed by atoms with Crippen molar-refractivity contribution in [1.82, 2.24) is 4.98 Å². The van der Waals surface area contributed by atoms with Gasteiger partial charge in [-0.15, -0.1) is 0 Å². The molecule has 0 fully saturated rings. The smallest absolute Gasteiger partial charge is 0.263 e. The maximum atomic E-state index is 12.7. The highest BCUT2D eigenvalue weighted by atomic mass is 32.2. The molecule has 144 valence electrons. The number of ketones is 1. The summed E-state index contributed by atoms with van der Waals surface area (Å²) in [6, 6.07) is 15.7. The Morgan fingerprint density at radius 3 is 2.43 bits per heavy atom. The van der Waals surface area contributed by atoms with Gasteiger partial charge < -0.3 is 5.32 Å². The molecule has 1 heterocycles. The fraction of sp³-hybridized carbons (Fsp3) is 0.143. The van der Waals surface area contributed by atoms with Crippen LogP contribution < -0.4 is 10.0 Å². The van der Waals surface area contributed by atoms with Crippen LogP contribution in [0.15, 0.2) is 65.7 Å². The van der Waals surface area contributed by atoms with E-state index in [0.717, 1.165) is 11.3 Å². The Bertz CT molecular complexity index is 1120. The van der Waals surface area contributed by atoms with E-state index in [1.165, 1.54) is 13.1 Å². The van der Waals surface area contributed by atoms with Crippen LogP contribution in [0.25, 0.3) is 0 Å². The largest absolute Gasteiger partial charge is 0.354 e. The van der Waals surface area contributed by atoms with Gasteiger partial charge in [0.1, 0.15) is 5.82 Å². The maximum absolute atomic E-state index is 12.7. The average molecular weight is 395 g/mol. The molecule has 6 nitrogen and oxygen atoms in total. The van der Waals surface area contributed by atoms with Crippen molar-refractivity contribution in [2.24, 2.45) is 0 Å². The summed E-state index contributed by atoms with van der Waals surface area (Å²) in [6.07, 6.45) is 1.53. The van der Waals surface area contributed by atoms with Gasteiger partial charge >= 0.3 is 0 Å². The van der Waals surface area contributed by atoms with Crippen molar-refractivity contribution in [2.45, 2.75) is 25.7 Å². The first-order valence-electron chi connectivity index (χ1n) is 8.69. The molecule has 28 heavy (non-hydrogen) atoms. The van der Waals surface area contributed by atoms with Gasteiger partial charge in [-0.3, -0.25) is 9.52 Å². The van der Waals surface area contributed by atoms with Gasteiger partial charge in [-0.1, -0.05) is 24.3 Å². The average Bonchev–Trinajstić information content (AvgIpc) is 2.65. The van der Waals surface area contributed by atoms with Crippen molar-refractivity contribution in [3.8, 4) is 0 Å². The van der Waals surface area contributed by atoms with Crippen molar-refractivity contribution in [2.75, 3.05) is 10.0 Å². The summed E-state index contributed by atoms with van der Waals surface area (Å²) >= 11 is 0. The Hall–Kier alpha value is -3.19. The summed E-state index contributed by atoms with van der Waals surface area (Å²) < 4.78 is 27.8. The van der Waals surface area contributed by atoms with Gasteiger partial charge in [0.15, 0.2) is 5.78 Å². The summed E-state index contributed by atoms with van der Waals surface area (Å²) in [4.78, 5) is 15.9. The third-order valence-electron chi connectivity index (χ3n) is 4.19. The van der Waals surface area contributed by atoms with Crippen molar-refractivity contribution in [1.29, 1.82) is 0 Å². The van der Waals surface area contributed by atoms with Crippen LogP contribution in [0.4, 0.5) is 17.2 Å². The number of carbonyl (C=O) groups is 1. The molecule has 3 rings (SSSR count). The highest BCUT2D eigenvalue weighted by Crippen LogP contribution is 2.22. The topological polar surface area (TPSA) is 88.2 Å². The van der Waals surface area contributed by atoms with E-state index in [2.05, 4.69) is 15.0 Å². The molecular formula is C21H21N3O3S. The van der Waals surface area contributed by atoms with Crippen LogP contribution in [0.5, 0.6) is 0 Å². The number of benzene rings is 2. The quantitative estimate of drug-likeness (QED) is 0.602. The number of aromatic nitrogens is 1. The Balaban J connectivity index is 1.76. The second kappa shape index (κ2) is 7.82. The fourth-order valence-electron chi connectivity index (χ4n) is 2.70. The number of rotatable bonds is 6. The second-order valence-corrected chi connectivity index (χ2v) is 8.22. The van der Waals surface area contributed by atoms with Crippen LogP contribution in [0.2, 0.25) is 0 Å². The van der Waals surface area contributed by atoms with Crippen molar-refractivity contribution in [3.05, 3.63) is 77.5 Å². The van der Waals surface area contributed by atoms with Gasteiger partial charge in [-0.2, -0.15) is 0 Å². The fourth-order valence-corrected chi connectivity index (χ4v) is 4.04. The van der Waals surface area contributed by atoms with Gasteiger partial charge in [-0.25, -0.2) is 13.4 Å². The second-order valence-electron chi connectivity index (χ2n) is 6.57. The van der Waals surface area contributed by atoms with Crippen LogP contribution >= 0.6 is 0 Å². The zero-order valence-corrected chi connectivity index (χ0v) is 16.7. The number of hydrogen-bond donors (Lipinski definition) is 2. The monoisotopic (exact) mass is 395 g/mol. The predicted molar refractivity (Wildman–Crippen MR) is 111 cm³/mol. The minimum Gasteiger partial charge on any atom is -0.354 e. The zero-order chi connectivity index (χ0) is 20.3. The van der Waals surface area contributed by atoms with E-state index < -0.39 is 10.0 Å². The molecule has 0 bridgehead atoms. The number of pyridine rings is 1. The van der Waals surface area contributed by atoms with Gasteiger partial charge in [-0.05, 0) is 62.2 Å². The van der Waals surface area contributed by atoms with Gasteiger partial charge in [0.25, 0.3) is 10.0 Å². The van der Waals surface area contributed by atoms with Crippen molar-refractivity contribution in [3.63, 3.8) is 0 Å². The molecule has 7 heteroatoms. The highest BCUT2D eigenvalue weighted by Gasteiger charge is 2.17. The summed E-state index contributed by atoms with van der Waals surface area (Å²) in [5, 5.41) is 3.15. The van der Waals surface area contributed by atoms with Crippen molar-refractivity contribution >= 4 is 33.0 Å². The molecule has 0 atom stereocenters. The van der Waals surface area contributed by atoms with E-state index in [1.54, 1.807) is 49.4 Å². The normalized spacial score (nSPS) is 11.1. The summed E-state index contributed by atoms with van der Waals surface area (Å²) in [7, 11) is -3.72. The lowest BCUT2D eigenvalue weighted by Crippen LogP contribution is -2.15. The zero-order valence-electron chi connectivity index (χ0n) is 15.9. The van der Waals surface area contributed by atoms with Crippen LogP contribution in [0, 0.1) is 13.8 Å². The molecule has 2 N–H and O–H groups in total. The van der Waals surface area contributed by atoms with E-state index in [9.17, 15) is 13.2 Å². The Kier molecular flexibility index (Phi) is 5.46. The number of sulfonamides is 1. The first-order chi connectivity index (χ1) is 13.2. The first-order valence-corrected chi connectivity index (χ1v) is 10.2. The van der Waals surface area contributed by atoms with E-state index in [4.69, 9.17) is 0 Å². The molecule has 0 aliphatic carbocycles. The molecule has 0 unspecified atom stereocenters. The minimum atomic E-state index is -3.72. The van der Waals surface area contributed by atoms with Crippen LogP contribution in [-0.2, 0) is 10.0 Å². The van der Waals surface area contributed by atoms with Gasteiger partial charge in [0.05, 0.1) is 16.8 Å². The van der Waals surface area contributed by atoms with E-state index in [-0.39, 0.29) is 16.5 Å². The SMILES string of the molecule is CC(=O)c1cccc(Nc2ccc(NS(=O)(=O)c3cc(C)ccc3C)nc2)c1. The number of hydrogen-bond acceptors (Lipinski definition) is 5. The molecule has 0 radical (unpaired) electrons. The summed E-state index contributed by atoms with van der Waals surface area (Å²) in [6.45, 7) is 5.11. The number of nitrogens with zero attached hydrogens (tertiary/aromatic N) is 1. The molecule has 2 aromatic carbocycles. The molecule has 1 aromatic heterocycles. The maximum Gasteiger partial charge on any atom is 0.263 e. The molecule has 3 aromatic rings. The Labute approximate surface area is 164 Å². The summed E-state index contributed by atoms with van der Waals surface area (Å²) in [5.74, 6) is 0.210. The van der Waals surface area contributed by atoms with Crippen molar-refractivity contribution < 1.29 is 13.2 Å². The van der Waals surface area contributed by atoms with E-state index in [1.807, 2.05) is 19.1 Å². The third-order valence-corrected chi connectivity index (χ3v) is 5.69. The van der Waals surface area contributed by atoms with E-state index in [0.29, 0.717) is 16.8 Å². The lowest BCUT2D eigenvalue weighted by Gasteiger charge is -2.11. The molecular weight excluding hydrogens is 374 g/mol.